The molecule has 0 heterocycles. The summed E-state index contributed by atoms with van der Waals surface area (Å²) in [7, 11) is 0. The van der Waals surface area contributed by atoms with Gasteiger partial charge in [-0.1, -0.05) is 44.5 Å². The fraction of sp³-hybridized carbons (Fsp3) is 0.647. The Morgan fingerprint density at radius 1 is 1.22 bits per heavy atom. The number of hydrogen-bond donors (Lipinski definition) is 1. The summed E-state index contributed by atoms with van der Waals surface area (Å²) < 4.78 is 0. The number of aryl methyl sites for hydroxylation is 1. The zero-order valence-electron chi connectivity index (χ0n) is 11.7. The highest BCUT2D eigenvalue weighted by Crippen LogP contribution is 2.43. The maximum atomic E-state index is 3.87. The number of hydrogen-bond acceptors (Lipinski definition) is 1. The van der Waals surface area contributed by atoms with Crippen LogP contribution in [0.25, 0.3) is 0 Å². The van der Waals surface area contributed by atoms with Gasteiger partial charge in [0.1, 0.15) is 0 Å². The van der Waals surface area contributed by atoms with Gasteiger partial charge in [0, 0.05) is 6.04 Å². The lowest BCUT2D eigenvalue weighted by Crippen LogP contribution is -2.41. The topological polar surface area (TPSA) is 12.0 Å². The third-order valence-corrected chi connectivity index (χ3v) is 5.02. The van der Waals surface area contributed by atoms with E-state index in [9.17, 15) is 0 Å². The molecule has 1 unspecified atom stereocenters. The second-order valence-corrected chi connectivity index (χ2v) is 6.83. The lowest BCUT2D eigenvalue weighted by Gasteiger charge is -2.42. The standard InChI is InChI=1S/C17H25N/c1-17(2)11-10-14-8-3-4-9-15(14)16(17)18-12-13-6-5-7-13/h3-4,8-9,13,16,18H,5-7,10-12H2,1-2H3. The van der Waals surface area contributed by atoms with Crippen LogP contribution in [0, 0.1) is 11.3 Å². The van der Waals surface area contributed by atoms with E-state index < -0.39 is 0 Å². The van der Waals surface area contributed by atoms with Crippen LogP contribution in [0.4, 0.5) is 0 Å². The smallest absolute Gasteiger partial charge is 0.0374 e. The normalized spacial score (nSPS) is 26.4. The van der Waals surface area contributed by atoms with Crippen LogP contribution in [0.15, 0.2) is 24.3 Å². The highest BCUT2D eigenvalue weighted by molar-refractivity contribution is 5.34. The molecule has 1 N–H and O–H groups in total. The van der Waals surface area contributed by atoms with Gasteiger partial charge in [0.2, 0.25) is 0 Å². The van der Waals surface area contributed by atoms with Gasteiger partial charge in [0.05, 0.1) is 0 Å². The predicted octanol–water partition coefficient (Wildman–Crippen LogP) is 4.09. The van der Waals surface area contributed by atoms with E-state index >= 15 is 0 Å². The first-order valence-electron chi connectivity index (χ1n) is 7.48. The third kappa shape index (κ3) is 2.21. The first kappa shape index (κ1) is 12.2. The summed E-state index contributed by atoms with van der Waals surface area (Å²) in [6.45, 7) is 6.05. The van der Waals surface area contributed by atoms with Crippen molar-refractivity contribution in [3.63, 3.8) is 0 Å². The van der Waals surface area contributed by atoms with Crippen molar-refractivity contribution in [3.8, 4) is 0 Å². The van der Waals surface area contributed by atoms with Crippen LogP contribution in [0.1, 0.15) is 56.7 Å². The maximum Gasteiger partial charge on any atom is 0.0374 e. The van der Waals surface area contributed by atoms with E-state index in [1.807, 2.05) is 0 Å². The molecule has 1 aromatic carbocycles. The van der Waals surface area contributed by atoms with E-state index in [-0.39, 0.29) is 0 Å². The lowest BCUT2D eigenvalue weighted by molar-refractivity contribution is 0.186. The van der Waals surface area contributed by atoms with Gasteiger partial charge in [-0.15, -0.1) is 0 Å². The van der Waals surface area contributed by atoms with Crippen molar-refractivity contribution in [3.05, 3.63) is 35.4 Å². The molecule has 1 atom stereocenters. The highest BCUT2D eigenvalue weighted by Gasteiger charge is 2.35. The van der Waals surface area contributed by atoms with E-state index in [2.05, 4.69) is 43.4 Å². The summed E-state index contributed by atoms with van der Waals surface area (Å²) in [5.74, 6) is 0.940. The summed E-state index contributed by atoms with van der Waals surface area (Å²) in [4.78, 5) is 0. The van der Waals surface area contributed by atoms with E-state index in [1.165, 1.54) is 38.6 Å². The molecule has 3 rings (SSSR count). The van der Waals surface area contributed by atoms with Crippen molar-refractivity contribution in [2.24, 2.45) is 11.3 Å². The Labute approximate surface area is 111 Å². The fourth-order valence-electron chi connectivity index (χ4n) is 3.43. The average Bonchev–Trinajstić information content (AvgIpc) is 2.29. The van der Waals surface area contributed by atoms with E-state index in [4.69, 9.17) is 0 Å². The Balaban J connectivity index is 1.79. The minimum absolute atomic E-state index is 0.387. The van der Waals surface area contributed by atoms with Crippen molar-refractivity contribution in [1.82, 2.24) is 5.32 Å². The molecular formula is C17H25N. The summed E-state index contributed by atoms with van der Waals surface area (Å²) in [5.41, 5.74) is 3.49. The molecule has 1 aromatic rings. The van der Waals surface area contributed by atoms with Crippen LogP contribution >= 0.6 is 0 Å². The van der Waals surface area contributed by atoms with Crippen LogP contribution in [-0.4, -0.2) is 6.54 Å². The van der Waals surface area contributed by atoms with E-state index in [0.717, 1.165) is 5.92 Å². The van der Waals surface area contributed by atoms with Gasteiger partial charge in [0.25, 0.3) is 0 Å². The van der Waals surface area contributed by atoms with E-state index in [0.29, 0.717) is 11.5 Å². The van der Waals surface area contributed by atoms with Crippen LogP contribution < -0.4 is 5.32 Å². The van der Waals surface area contributed by atoms with Crippen LogP contribution in [0.5, 0.6) is 0 Å². The summed E-state index contributed by atoms with van der Waals surface area (Å²) >= 11 is 0. The van der Waals surface area contributed by atoms with Gasteiger partial charge in [0.15, 0.2) is 0 Å². The molecule has 18 heavy (non-hydrogen) atoms. The molecule has 2 aliphatic rings. The molecule has 1 heteroatoms. The zero-order valence-corrected chi connectivity index (χ0v) is 11.7. The average molecular weight is 243 g/mol. The summed E-state index contributed by atoms with van der Waals surface area (Å²) in [6.07, 6.45) is 6.84. The highest BCUT2D eigenvalue weighted by atomic mass is 14.9. The summed E-state index contributed by atoms with van der Waals surface area (Å²) in [6, 6.07) is 9.55. The minimum atomic E-state index is 0.387. The molecule has 0 saturated heterocycles. The minimum Gasteiger partial charge on any atom is -0.309 e. The molecule has 1 fully saturated rings. The van der Waals surface area contributed by atoms with Gasteiger partial charge < -0.3 is 5.32 Å². The molecule has 1 nitrogen and oxygen atoms in total. The van der Waals surface area contributed by atoms with Crippen molar-refractivity contribution in [2.45, 2.75) is 52.0 Å². The van der Waals surface area contributed by atoms with Gasteiger partial charge >= 0.3 is 0 Å². The molecule has 0 spiro atoms. The molecule has 2 aliphatic carbocycles. The fourth-order valence-corrected chi connectivity index (χ4v) is 3.43. The monoisotopic (exact) mass is 243 g/mol. The molecule has 1 saturated carbocycles. The first-order valence-corrected chi connectivity index (χ1v) is 7.48. The van der Waals surface area contributed by atoms with Crippen molar-refractivity contribution in [1.29, 1.82) is 0 Å². The predicted molar refractivity (Wildman–Crippen MR) is 76.6 cm³/mol. The molecule has 0 bridgehead atoms. The van der Waals surface area contributed by atoms with Crippen molar-refractivity contribution in [2.75, 3.05) is 6.54 Å². The largest absolute Gasteiger partial charge is 0.309 e. The third-order valence-electron chi connectivity index (χ3n) is 5.02. The Morgan fingerprint density at radius 2 is 2.00 bits per heavy atom. The second kappa shape index (κ2) is 4.70. The van der Waals surface area contributed by atoms with E-state index in [1.54, 1.807) is 11.1 Å². The number of nitrogens with one attached hydrogen (secondary N) is 1. The lowest BCUT2D eigenvalue weighted by atomic mass is 9.70. The van der Waals surface area contributed by atoms with Crippen LogP contribution in [0.2, 0.25) is 0 Å². The zero-order chi connectivity index (χ0) is 12.6. The van der Waals surface area contributed by atoms with Crippen LogP contribution in [-0.2, 0) is 6.42 Å². The Hall–Kier alpha value is -0.820. The quantitative estimate of drug-likeness (QED) is 0.843. The van der Waals surface area contributed by atoms with Crippen LogP contribution in [0.3, 0.4) is 0 Å². The molecule has 0 radical (unpaired) electrons. The van der Waals surface area contributed by atoms with Crippen molar-refractivity contribution >= 4 is 0 Å². The Kier molecular flexibility index (Phi) is 3.19. The maximum absolute atomic E-state index is 3.87. The second-order valence-electron chi connectivity index (χ2n) is 6.83. The number of benzene rings is 1. The number of rotatable bonds is 3. The molecular weight excluding hydrogens is 218 g/mol. The Bertz CT molecular complexity index is 417. The molecule has 0 amide bonds. The van der Waals surface area contributed by atoms with Crippen molar-refractivity contribution < 1.29 is 0 Å². The van der Waals surface area contributed by atoms with Gasteiger partial charge in [-0.3, -0.25) is 0 Å². The molecule has 0 aromatic heterocycles. The summed E-state index contributed by atoms with van der Waals surface area (Å²) in [5, 5.41) is 3.87. The number of fused-ring (bicyclic) bond motifs is 1. The molecule has 98 valence electrons. The Morgan fingerprint density at radius 3 is 2.72 bits per heavy atom. The van der Waals surface area contributed by atoms with Gasteiger partial charge in [-0.25, -0.2) is 0 Å². The SMILES string of the molecule is CC1(C)CCc2ccccc2C1NCC1CCC1. The van der Waals surface area contributed by atoms with Gasteiger partial charge in [-0.2, -0.15) is 0 Å². The van der Waals surface area contributed by atoms with Gasteiger partial charge in [-0.05, 0) is 54.7 Å². The first-order chi connectivity index (χ1) is 8.67. The molecule has 0 aliphatic heterocycles.